The van der Waals surface area contributed by atoms with Crippen molar-refractivity contribution in [1.29, 1.82) is 0 Å². The fourth-order valence-corrected chi connectivity index (χ4v) is 1.69. The van der Waals surface area contributed by atoms with Crippen LogP contribution in [0.25, 0.3) is 0 Å². The normalized spacial score (nSPS) is 14.9. The van der Waals surface area contributed by atoms with Crippen molar-refractivity contribution in [3.8, 4) is 0 Å². The monoisotopic (exact) mass is 291 g/mol. The second-order valence-electron chi connectivity index (χ2n) is 5.22. The highest BCUT2D eigenvalue weighted by Gasteiger charge is 2.27. The molecule has 1 aromatic carbocycles. The Morgan fingerprint density at radius 3 is 2.21 bits per heavy atom. The molecular weight excluding hydrogens is 275 g/mol. The van der Waals surface area contributed by atoms with E-state index in [2.05, 4.69) is 4.40 Å². The standard InChI is InChI=1S/C13H16F3NOS/c1-12(2,3)19(18)17-8-9-5-6-10(7-11(9)14)13(4,15)16/h5-8H,1-4H3/t19-/m1/s1. The zero-order chi connectivity index (χ0) is 14.8. The molecule has 1 atom stereocenters. The molecule has 1 aromatic rings. The summed E-state index contributed by atoms with van der Waals surface area (Å²) in [5.41, 5.74) is -0.371. The fourth-order valence-electron chi connectivity index (χ4n) is 1.17. The molecule has 1 rings (SSSR count). The zero-order valence-electron chi connectivity index (χ0n) is 11.2. The Balaban J connectivity index is 2.96. The molecule has 0 N–H and O–H groups in total. The lowest BCUT2D eigenvalue weighted by Gasteiger charge is -2.17. The molecule has 0 aromatic heterocycles. The zero-order valence-corrected chi connectivity index (χ0v) is 12.0. The predicted octanol–water partition coefficient (Wildman–Crippen LogP) is 3.82. The van der Waals surface area contributed by atoms with Crippen LogP contribution in [0, 0.1) is 5.82 Å². The highest BCUT2D eigenvalue weighted by atomic mass is 32.2. The minimum atomic E-state index is -3.09. The molecule has 0 fully saturated rings. The molecule has 106 valence electrons. The molecule has 0 heterocycles. The summed E-state index contributed by atoms with van der Waals surface area (Å²) in [6.45, 7) is 5.90. The number of rotatable bonds is 3. The van der Waals surface area contributed by atoms with Gasteiger partial charge in [-0.2, -0.15) is 0 Å². The lowest BCUT2D eigenvalue weighted by Crippen LogP contribution is -2.25. The van der Waals surface area contributed by atoms with Crippen molar-refractivity contribution in [3.63, 3.8) is 0 Å². The molecule has 0 bridgehead atoms. The Hall–Kier alpha value is -1.01. The van der Waals surface area contributed by atoms with Gasteiger partial charge in [0.25, 0.3) is 5.92 Å². The first-order valence-corrected chi connectivity index (χ1v) is 6.76. The van der Waals surface area contributed by atoms with Gasteiger partial charge < -0.3 is 4.55 Å². The summed E-state index contributed by atoms with van der Waals surface area (Å²) < 4.78 is 54.4. The van der Waals surface area contributed by atoms with Crippen molar-refractivity contribution in [3.05, 3.63) is 35.1 Å². The molecule has 19 heavy (non-hydrogen) atoms. The summed E-state index contributed by atoms with van der Waals surface area (Å²) in [5.74, 6) is -3.90. The van der Waals surface area contributed by atoms with Crippen LogP contribution in [0.1, 0.15) is 38.8 Å². The van der Waals surface area contributed by atoms with E-state index in [4.69, 9.17) is 0 Å². The Morgan fingerprint density at radius 1 is 1.21 bits per heavy atom. The molecule has 0 aliphatic rings. The van der Waals surface area contributed by atoms with Gasteiger partial charge in [0.2, 0.25) is 0 Å². The summed E-state index contributed by atoms with van der Waals surface area (Å²) >= 11 is -1.51. The van der Waals surface area contributed by atoms with Crippen molar-refractivity contribution in [2.24, 2.45) is 4.40 Å². The molecule has 6 heteroatoms. The molecule has 0 saturated carbocycles. The number of halogens is 3. The van der Waals surface area contributed by atoms with E-state index in [-0.39, 0.29) is 5.56 Å². The number of nitrogens with zero attached hydrogens (tertiary/aromatic N) is 1. The van der Waals surface area contributed by atoms with Crippen LogP contribution in [0.5, 0.6) is 0 Å². The van der Waals surface area contributed by atoms with Crippen LogP contribution in [0.4, 0.5) is 13.2 Å². The second kappa shape index (κ2) is 5.54. The predicted molar refractivity (Wildman–Crippen MR) is 71.5 cm³/mol. The quantitative estimate of drug-likeness (QED) is 0.616. The second-order valence-corrected chi connectivity index (χ2v) is 7.15. The van der Waals surface area contributed by atoms with Crippen LogP contribution in [0.3, 0.4) is 0 Å². The molecule has 0 aliphatic heterocycles. The van der Waals surface area contributed by atoms with Gasteiger partial charge in [0.1, 0.15) is 21.9 Å². The lowest BCUT2D eigenvalue weighted by atomic mass is 10.1. The largest absolute Gasteiger partial charge is 0.591 e. The molecule has 0 radical (unpaired) electrons. The Kier molecular flexibility index (Phi) is 4.68. The van der Waals surface area contributed by atoms with Gasteiger partial charge in [0, 0.05) is 18.1 Å². The van der Waals surface area contributed by atoms with E-state index in [1.54, 1.807) is 20.8 Å². The minimum Gasteiger partial charge on any atom is -0.591 e. The first kappa shape index (κ1) is 16.0. The number of benzene rings is 1. The van der Waals surface area contributed by atoms with E-state index in [0.29, 0.717) is 6.92 Å². The summed E-state index contributed by atoms with van der Waals surface area (Å²) in [5, 5.41) is 0. The fraction of sp³-hybridized carbons (Fsp3) is 0.462. The molecule has 0 saturated heterocycles. The molecule has 0 aliphatic carbocycles. The van der Waals surface area contributed by atoms with Gasteiger partial charge in [-0.3, -0.25) is 0 Å². The first-order chi connectivity index (χ1) is 8.51. The third-order valence-electron chi connectivity index (χ3n) is 2.32. The maximum absolute atomic E-state index is 13.6. The summed E-state index contributed by atoms with van der Waals surface area (Å²) in [7, 11) is 0. The number of hydrogen-bond donors (Lipinski definition) is 0. The van der Waals surface area contributed by atoms with E-state index in [1.807, 2.05) is 0 Å². The van der Waals surface area contributed by atoms with E-state index in [1.165, 1.54) is 6.07 Å². The average Bonchev–Trinajstić information content (AvgIpc) is 2.24. The van der Waals surface area contributed by atoms with E-state index in [9.17, 15) is 17.7 Å². The van der Waals surface area contributed by atoms with Crippen molar-refractivity contribution in [1.82, 2.24) is 0 Å². The van der Waals surface area contributed by atoms with Gasteiger partial charge in [0.15, 0.2) is 0 Å². The summed E-state index contributed by atoms with van der Waals surface area (Å²) in [6, 6.07) is 3.09. The molecular formula is C13H16F3NOS. The highest BCUT2D eigenvalue weighted by molar-refractivity contribution is 7.91. The van der Waals surface area contributed by atoms with Gasteiger partial charge in [-0.25, -0.2) is 13.2 Å². The lowest BCUT2D eigenvalue weighted by molar-refractivity contribution is 0.0171. The van der Waals surface area contributed by atoms with Gasteiger partial charge in [0.05, 0.1) is 6.21 Å². The van der Waals surface area contributed by atoms with Gasteiger partial charge in [-0.05, 0) is 32.9 Å². The Labute approximate surface area is 114 Å². The molecule has 0 amide bonds. The van der Waals surface area contributed by atoms with Crippen LogP contribution < -0.4 is 0 Å². The van der Waals surface area contributed by atoms with Gasteiger partial charge >= 0.3 is 0 Å². The van der Waals surface area contributed by atoms with Gasteiger partial charge in [-0.1, -0.05) is 10.5 Å². The molecule has 2 nitrogen and oxygen atoms in total. The van der Waals surface area contributed by atoms with Crippen LogP contribution in [0.15, 0.2) is 22.6 Å². The van der Waals surface area contributed by atoms with E-state index >= 15 is 0 Å². The van der Waals surface area contributed by atoms with Crippen molar-refractivity contribution >= 4 is 17.6 Å². The average molecular weight is 291 g/mol. The SMILES string of the molecule is CC(F)(F)c1ccc(C=N[S@+]([O-])C(C)(C)C)c(F)c1. The van der Waals surface area contributed by atoms with Crippen LogP contribution in [-0.4, -0.2) is 15.5 Å². The minimum absolute atomic E-state index is 0.0330. The third kappa shape index (κ3) is 4.54. The third-order valence-corrected chi connectivity index (χ3v) is 3.66. The smallest absolute Gasteiger partial charge is 0.270 e. The molecule has 0 spiro atoms. The van der Waals surface area contributed by atoms with E-state index < -0.39 is 33.4 Å². The maximum Gasteiger partial charge on any atom is 0.270 e. The van der Waals surface area contributed by atoms with E-state index in [0.717, 1.165) is 18.3 Å². The Morgan fingerprint density at radius 2 is 1.79 bits per heavy atom. The Bertz CT molecular complexity index is 478. The summed E-state index contributed by atoms with van der Waals surface area (Å²) in [6.07, 6.45) is 1.11. The van der Waals surface area contributed by atoms with Crippen LogP contribution in [0.2, 0.25) is 0 Å². The number of alkyl halides is 2. The van der Waals surface area contributed by atoms with Crippen LogP contribution >= 0.6 is 0 Å². The summed E-state index contributed by atoms with van der Waals surface area (Å²) in [4.78, 5) is 0. The van der Waals surface area contributed by atoms with Crippen molar-refractivity contribution < 1.29 is 17.7 Å². The number of hydrogen-bond acceptors (Lipinski definition) is 2. The molecule has 0 unspecified atom stereocenters. The van der Waals surface area contributed by atoms with Gasteiger partial charge in [-0.15, -0.1) is 0 Å². The van der Waals surface area contributed by atoms with Crippen LogP contribution in [-0.2, 0) is 17.3 Å². The van der Waals surface area contributed by atoms with Crippen molar-refractivity contribution in [2.45, 2.75) is 38.4 Å². The highest BCUT2D eigenvalue weighted by Crippen LogP contribution is 2.28. The van der Waals surface area contributed by atoms with Crippen molar-refractivity contribution in [2.75, 3.05) is 0 Å². The first-order valence-electron chi connectivity index (χ1n) is 5.66. The maximum atomic E-state index is 13.6. The topological polar surface area (TPSA) is 35.4 Å².